The molecule has 0 aliphatic carbocycles. The number of aromatic nitrogens is 4. The van der Waals surface area contributed by atoms with Crippen LogP contribution in [0.2, 0.25) is 0 Å². The molecule has 0 saturated carbocycles. The Labute approximate surface area is 151 Å². The second kappa shape index (κ2) is 7.23. The van der Waals surface area contributed by atoms with Gasteiger partial charge >= 0.3 is 0 Å². The van der Waals surface area contributed by atoms with Crippen LogP contribution in [0.3, 0.4) is 0 Å². The summed E-state index contributed by atoms with van der Waals surface area (Å²) in [4.78, 5) is 29.0. The van der Waals surface area contributed by atoms with Gasteiger partial charge < -0.3 is 5.32 Å². The van der Waals surface area contributed by atoms with Crippen LogP contribution in [0, 0.1) is 13.8 Å². The van der Waals surface area contributed by atoms with Gasteiger partial charge in [-0.05, 0) is 37.6 Å². The average Bonchev–Trinajstić information content (AvgIpc) is 2.56. The van der Waals surface area contributed by atoms with Crippen molar-refractivity contribution in [1.29, 1.82) is 0 Å². The molecule has 1 amide bonds. The van der Waals surface area contributed by atoms with E-state index in [9.17, 15) is 4.79 Å². The third-order valence-corrected chi connectivity index (χ3v) is 5.15. The molecule has 0 aliphatic rings. The first-order valence-electron chi connectivity index (χ1n) is 7.16. The standard InChI is InChI=1S/C16H14BrN5OS/c1-9-5-11(3-4-13(9)17)22-14(23)7-24-16-12-6-18-10(2)21-15(12)19-8-20-16/h3-6,8H,7H2,1-2H3,(H,22,23). The Bertz CT molecular complexity index is 918. The number of nitrogens with one attached hydrogen (secondary N) is 1. The predicted molar refractivity (Wildman–Crippen MR) is 98.1 cm³/mol. The Morgan fingerprint density at radius 2 is 2.08 bits per heavy atom. The minimum Gasteiger partial charge on any atom is -0.325 e. The highest BCUT2D eigenvalue weighted by Gasteiger charge is 2.10. The van der Waals surface area contributed by atoms with Gasteiger partial charge in [0.2, 0.25) is 5.91 Å². The summed E-state index contributed by atoms with van der Waals surface area (Å²) in [5.74, 6) is 0.803. The molecule has 0 unspecified atom stereocenters. The van der Waals surface area contributed by atoms with Crippen molar-refractivity contribution >= 4 is 50.3 Å². The summed E-state index contributed by atoms with van der Waals surface area (Å²) in [6.07, 6.45) is 3.14. The normalized spacial score (nSPS) is 10.8. The zero-order chi connectivity index (χ0) is 17.1. The van der Waals surface area contributed by atoms with E-state index in [2.05, 4.69) is 41.2 Å². The number of carbonyl (C=O) groups excluding carboxylic acids is 1. The van der Waals surface area contributed by atoms with Gasteiger partial charge in [0, 0.05) is 16.4 Å². The van der Waals surface area contributed by atoms with Crippen LogP contribution in [0.4, 0.5) is 5.69 Å². The lowest BCUT2D eigenvalue weighted by Crippen LogP contribution is -2.14. The molecule has 1 aromatic carbocycles. The molecular formula is C16H14BrN5OS. The molecule has 0 spiro atoms. The van der Waals surface area contributed by atoms with Crippen molar-refractivity contribution in [1.82, 2.24) is 19.9 Å². The Morgan fingerprint density at radius 1 is 1.25 bits per heavy atom. The lowest BCUT2D eigenvalue weighted by atomic mass is 10.2. The summed E-state index contributed by atoms with van der Waals surface area (Å²) in [6, 6.07) is 5.69. The monoisotopic (exact) mass is 403 g/mol. The number of thioether (sulfide) groups is 1. The van der Waals surface area contributed by atoms with E-state index in [1.54, 1.807) is 6.20 Å². The first-order chi connectivity index (χ1) is 11.5. The van der Waals surface area contributed by atoms with Gasteiger partial charge in [0.05, 0.1) is 11.1 Å². The van der Waals surface area contributed by atoms with Gasteiger partial charge in [-0.2, -0.15) is 0 Å². The van der Waals surface area contributed by atoms with Gasteiger partial charge in [0.25, 0.3) is 0 Å². The SMILES string of the molecule is Cc1ncc2c(SCC(=O)Nc3ccc(Br)c(C)c3)ncnc2n1. The van der Waals surface area contributed by atoms with Gasteiger partial charge in [-0.1, -0.05) is 27.7 Å². The average molecular weight is 404 g/mol. The number of aryl methyl sites for hydroxylation is 2. The van der Waals surface area contributed by atoms with Crippen LogP contribution in [0.1, 0.15) is 11.4 Å². The van der Waals surface area contributed by atoms with Crippen LogP contribution in [-0.4, -0.2) is 31.6 Å². The van der Waals surface area contributed by atoms with E-state index in [1.165, 1.54) is 18.1 Å². The molecule has 0 radical (unpaired) electrons. The number of rotatable bonds is 4. The number of anilines is 1. The molecule has 24 heavy (non-hydrogen) atoms. The molecule has 0 aliphatic heterocycles. The zero-order valence-corrected chi connectivity index (χ0v) is 15.5. The molecule has 0 fully saturated rings. The van der Waals surface area contributed by atoms with Gasteiger partial charge in [0.1, 0.15) is 17.2 Å². The van der Waals surface area contributed by atoms with Crippen molar-refractivity contribution in [3.63, 3.8) is 0 Å². The van der Waals surface area contributed by atoms with Gasteiger partial charge in [0.15, 0.2) is 5.65 Å². The van der Waals surface area contributed by atoms with Gasteiger partial charge in [-0.15, -0.1) is 0 Å². The second-order valence-corrected chi connectivity index (χ2v) is 6.95. The van der Waals surface area contributed by atoms with Crippen molar-refractivity contribution in [3.05, 3.63) is 46.6 Å². The fourth-order valence-electron chi connectivity index (χ4n) is 2.08. The zero-order valence-electron chi connectivity index (χ0n) is 13.1. The molecule has 2 heterocycles. The van der Waals surface area contributed by atoms with Crippen LogP contribution in [0.15, 0.2) is 40.2 Å². The Kier molecular flexibility index (Phi) is 5.06. The van der Waals surface area contributed by atoms with E-state index in [-0.39, 0.29) is 11.7 Å². The van der Waals surface area contributed by atoms with Crippen LogP contribution < -0.4 is 5.32 Å². The van der Waals surface area contributed by atoms with Crippen LogP contribution in [-0.2, 0) is 4.79 Å². The maximum Gasteiger partial charge on any atom is 0.234 e. The minimum absolute atomic E-state index is 0.0958. The number of hydrogen-bond acceptors (Lipinski definition) is 6. The molecule has 6 nitrogen and oxygen atoms in total. The summed E-state index contributed by atoms with van der Waals surface area (Å²) in [6.45, 7) is 3.78. The molecule has 0 bridgehead atoms. The van der Waals surface area contributed by atoms with Crippen molar-refractivity contribution in [2.75, 3.05) is 11.1 Å². The van der Waals surface area contributed by atoms with Crippen LogP contribution in [0.25, 0.3) is 11.0 Å². The highest BCUT2D eigenvalue weighted by atomic mass is 79.9. The molecule has 0 saturated heterocycles. The number of fused-ring (bicyclic) bond motifs is 1. The summed E-state index contributed by atoms with van der Waals surface area (Å²) in [5, 5.41) is 4.33. The lowest BCUT2D eigenvalue weighted by molar-refractivity contribution is -0.113. The number of halogens is 1. The number of benzene rings is 1. The second-order valence-electron chi connectivity index (χ2n) is 5.13. The summed E-state index contributed by atoms with van der Waals surface area (Å²) >= 11 is 4.78. The first-order valence-corrected chi connectivity index (χ1v) is 8.94. The largest absolute Gasteiger partial charge is 0.325 e. The van der Waals surface area contributed by atoms with Gasteiger partial charge in [-0.25, -0.2) is 19.9 Å². The summed E-state index contributed by atoms with van der Waals surface area (Å²) in [5.41, 5.74) is 2.42. The van der Waals surface area contributed by atoms with E-state index < -0.39 is 0 Å². The van der Waals surface area contributed by atoms with E-state index in [1.807, 2.05) is 32.0 Å². The molecule has 122 valence electrons. The Hall–Kier alpha value is -2.06. The van der Waals surface area contributed by atoms with Crippen molar-refractivity contribution in [2.45, 2.75) is 18.9 Å². The first kappa shape index (κ1) is 16.8. The maximum absolute atomic E-state index is 12.2. The smallest absolute Gasteiger partial charge is 0.234 e. The number of carbonyl (C=O) groups is 1. The molecule has 1 N–H and O–H groups in total. The summed E-state index contributed by atoms with van der Waals surface area (Å²) in [7, 11) is 0. The fraction of sp³-hybridized carbons (Fsp3) is 0.188. The molecule has 2 aromatic heterocycles. The van der Waals surface area contributed by atoms with Crippen LogP contribution in [0.5, 0.6) is 0 Å². The predicted octanol–water partition coefficient (Wildman–Crippen LogP) is 3.53. The van der Waals surface area contributed by atoms with Crippen molar-refractivity contribution in [2.24, 2.45) is 0 Å². The minimum atomic E-state index is -0.0958. The molecule has 3 rings (SSSR count). The molecule has 8 heteroatoms. The van der Waals surface area contributed by atoms with E-state index in [4.69, 9.17) is 0 Å². The van der Waals surface area contributed by atoms with Crippen molar-refractivity contribution < 1.29 is 4.79 Å². The fourth-order valence-corrected chi connectivity index (χ4v) is 3.09. The van der Waals surface area contributed by atoms with Crippen molar-refractivity contribution in [3.8, 4) is 0 Å². The van der Waals surface area contributed by atoms with E-state index in [0.717, 1.165) is 21.1 Å². The highest BCUT2D eigenvalue weighted by Crippen LogP contribution is 2.24. The molecule has 3 aromatic rings. The number of hydrogen-bond donors (Lipinski definition) is 1. The lowest BCUT2D eigenvalue weighted by Gasteiger charge is -2.07. The topological polar surface area (TPSA) is 80.7 Å². The van der Waals surface area contributed by atoms with E-state index >= 15 is 0 Å². The summed E-state index contributed by atoms with van der Waals surface area (Å²) < 4.78 is 1.01. The third kappa shape index (κ3) is 3.88. The van der Waals surface area contributed by atoms with E-state index in [0.29, 0.717) is 16.5 Å². The maximum atomic E-state index is 12.2. The van der Waals surface area contributed by atoms with Crippen LogP contribution >= 0.6 is 27.7 Å². The number of amides is 1. The molecule has 0 atom stereocenters. The third-order valence-electron chi connectivity index (χ3n) is 3.26. The number of nitrogens with zero attached hydrogens (tertiary/aromatic N) is 4. The Morgan fingerprint density at radius 3 is 2.88 bits per heavy atom. The Balaban J connectivity index is 1.69. The van der Waals surface area contributed by atoms with Gasteiger partial charge in [-0.3, -0.25) is 4.79 Å². The highest BCUT2D eigenvalue weighted by molar-refractivity contribution is 9.10. The quantitative estimate of drug-likeness (QED) is 0.529. The molecular weight excluding hydrogens is 390 g/mol.